The maximum atomic E-state index is 12.7. The molecule has 1 fully saturated rings. The summed E-state index contributed by atoms with van der Waals surface area (Å²) in [5.41, 5.74) is 2.52. The van der Waals surface area contributed by atoms with Crippen molar-refractivity contribution in [2.24, 2.45) is 0 Å². The largest absolute Gasteiger partial charge is 0.485 e. The number of rotatable bonds is 8. The minimum absolute atomic E-state index is 0.101. The maximum Gasteiger partial charge on any atom is 0.243 e. The number of aryl methyl sites for hydroxylation is 1. The second-order valence-electron chi connectivity index (χ2n) is 7.33. The molecule has 2 aromatic rings. The van der Waals surface area contributed by atoms with E-state index in [1.807, 2.05) is 24.5 Å². The van der Waals surface area contributed by atoms with Gasteiger partial charge in [-0.3, -0.25) is 4.79 Å². The van der Waals surface area contributed by atoms with Crippen LogP contribution in [0.3, 0.4) is 0 Å². The van der Waals surface area contributed by atoms with Crippen molar-refractivity contribution in [2.45, 2.75) is 44.6 Å². The van der Waals surface area contributed by atoms with Crippen LogP contribution >= 0.6 is 0 Å². The van der Waals surface area contributed by atoms with Crippen molar-refractivity contribution >= 4 is 15.8 Å². The Morgan fingerprint density at radius 3 is 2.41 bits per heavy atom. The van der Waals surface area contributed by atoms with Crippen molar-refractivity contribution < 1.29 is 17.9 Å². The Morgan fingerprint density at radius 1 is 1.14 bits per heavy atom. The third kappa shape index (κ3) is 4.62. The number of carbonyl (C=O) groups excluding carboxylic acids is 1. The molecule has 1 aromatic heterocycles. The summed E-state index contributed by atoms with van der Waals surface area (Å²) in [5, 5.41) is 0. The summed E-state index contributed by atoms with van der Waals surface area (Å²) in [6, 6.07) is 8.15. The average molecular weight is 417 g/mol. The molecule has 1 aromatic carbocycles. The molecular formula is C22H28N2O4S. The average Bonchev–Trinajstić information content (AvgIpc) is 3.01. The number of sulfonamides is 1. The van der Waals surface area contributed by atoms with Gasteiger partial charge in [0.2, 0.25) is 15.8 Å². The number of hydrogen-bond acceptors (Lipinski definition) is 4. The molecule has 0 radical (unpaired) electrons. The van der Waals surface area contributed by atoms with E-state index in [4.69, 9.17) is 4.74 Å². The molecule has 0 saturated carbocycles. The number of aromatic nitrogens is 1. The SMILES string of the molecule is C=CCn1c(C)cc(C(=O)COc2ccc(S(=O)(=O)N3CCCCC3)cc2)c1C. The second kappa shape index (κ2) is 8.97. The molecule has 0 spiro atoms. The Bertz CT molecular complexity index is 985. The number of benzene rings is 1. The predicted molar refractivity (Wildman–Crippen MR) is 113 cm³/mol. The lowest BCUT2D eigenvalue weighted by atomic mass is 10.1. The normalized spacial score (nSPS) is 15.2. The lowest BCUT2D eigenvalue weighted by Gasteiger charge is -2.25. The monoisotopic (exact) mass is 416 g/mol. The third-order valence-corrected chi connectivity index (χ3v) is 7.25. The Hall–Kier alpha value is -2.38. The summed E-state index contributed by atoms with van der Waals surface area (Å²) in [6.07, 6.45) is 4.67. The fraction of sp³-hybridized carbons (Fsp3) is 0.409. The van der Waals surface area contributed by atoms with E-state index in [-0.39, 0.29) is 17.3 Å². The second-order valence-corrected chi connectivity index (χ2v) is 9.27. The molecular weight excluding hydrogens is 388 g/mol. The van der Waals surface area contributed by atoms with Gasteiger partial charge in [-0.15, -0.1) is 6.58 Å². The molecule has 0 atom stereocenters. The Labute approximate surface area is 172 Å². The first-order valence-electron chi connectivity index (χ1n) is 9.88. The van der Waals surface area contributed by atoms with Crippen LogP contribution in [0.1, 0.15) is 41.0 Å². The maximum absolute atomic E-state index is 12.7. The van der Waals surface area contributed by atoms with Gasteiger partial charge in [0.1, 0.15) is 5.75 Å². The van der Waals surface area contributed by atoms with Crippen LogP contribution in [0.25, 0.3) is 0 Å². The highest BCUT2D eigenvalue weighted by Crippen LogP contribution is 2.23. The van der Waals surface area contributed by atoms with Crippen molar-refractivity contribution in [1.82, 2.24) is 8.87 Å². The molecule has 7 heteroatoms. The van der Waals surface area contributed by atoms with Crippen molar-refractivity contribution in [2.75, 3.05) is 19.7 Å². The summed E-state index contributed by atoms with van der Waals surface area (Å²) in [7, 11) is -3.47. The molecule has 0 N–H and O–H groups in total. The van der Waals surface area contributed by atoms with Crippen LogP contribution in [0.4, 0.5) is 0 Å². The molecule has 0 bridgehead atoms. The van der Waals surface area contributed by atoms with Gasteiger partial charge in [-0.1, -0.05) is 12.5 Å². The molecule has 156 valence electrons. The van der Waals surface area contributed by atoms with Gasteiger partial charge in [-0.2, -0.15) is 4.31 Å². The number of ketones is 1. The molecule has 6 nitrogen and oxygen atoms in total. The first-order valence-corrected chi connectivity index (χ1v) is 11.3. The van der Waals surface area contributed by atoms with Crippen LogP contribution in [0.5, 0.6) is 5.75 Å². The zero-order chi connectivity index (χ0) is 21.0. The molecule has 1 aliphatic rings. The number of nitrogens with zero attached hydrogens (tertiary/aromatic N) is 2. The van der Waals surface area contributed by atoms with E-state index in [2.05, 4.69) is 6.58 Å². The number of allylic oxidation sites excluding steroid dienone is 1. The van der Waals surface area contributed by atoms with Gasteiger partial charge in [0.25, 0.3) is 0 Å². The van der Waals surface area contributed by atoms with E-state index in [0.29, 0.717) is 30.9 Å². The Kier molecular flexibility index (Phi) is 6.59. The van der Waals surface area contributed by atoms with E-state index in [1.165, 1.54) is 4.31 Å². The highest BCUT2D eigenvalue weighted by molar-refractivity contribution is 7.89. The minimum atomic E-state index is -3.47. The Balaban J connectivity index is 1.65. The standard InChI is InChI=1S/C22H28N2O4S/c1-4-12-24-17(2)15-21(18(24)3)22(25)16-28-19-8-10-20(11-9-19)29(26,27)23-13-6-5-7-14-23/h4,8-11,15H,1,5-7,12-14,16H2,2-3H3. The van der Waals surface area contributed by atoms with Gasteiger partial charge in [0.05, 0.1) is 4.90 Å². The molecule has 0 aliphatic carbocycles. The summed E-state index contributed by atoms with van der Waals surface area (Å²) >= 11 is 0. The third-order valence-electron chi connectivity index (χ3n) is 5.33. The van der Waals surface area contributed by atoms with E-state index < -0.39 is 10.0 Å². The van der Waals surface area contributed by atoms with Crippen molar-refractivity contribution in [3.8, 4) is 5.75 Å². The molecule has 0 unspecified atom stereocenters. The van der Waals surface area contributed by atoms with Crippen LogP contribution in [0.2, 0.25) is 0 Å². The van der Waals surface area contributed by atoms with Crippen LogP contribution in [-0.2, 0) is 16.6 Å². The summed E-state index contributed by atoms with van der Waals surface area (Å²) in [4.78, 5) is 12.8. The van der Waals surface area contributed by atoms with Crippen molar-refractivity contribution in [1.29, 1.82) is 0 Å². The summed E-state index contributed by atoms with van der Waals surface area (Å²) in [6.45, 7) is 9.30. The van der Waals surface area contributed by atoms with E-state index >= 15 is 0 Å². The van der Waals surface area contributed by atoms with Gasteiger partial charge in [0, 0.05) is 36.6 Å². The van der Waals surface area contributed by atoms with Crippen LogP contribution in [0, 0.1) is 13.8 Å². The molecule has 2 heterocycles. The molecule has 1 saturated heterocycles. The van der Waals surface area contributed by atoms with E-state index in [0.717, 1.165) is 30.7 Å². The highest BCUT2D eigenvalue weighted by Gasteiger charge is 2.25. The molecule has 29 heavy (non-hydrogen) atoms. The number of piperidine rings is 1. The zero-order valence-corrected chi connectivity index (χ0v) is 17.9. The summed E-state index contributed by atoms with van der Waals surface area (Å²) < 4.78 is 34.6. The van der Waals surface area contributed by atoms with Gasteiger partial charge in [-0.25, -0.2) is 8.42 Å². The topological polar surface area (TPSA) is 68.6 Å². The zero-order valence-electron chi connectivity index (χ0n) is 17.1. The van der Waals surface area contributed by atoms with Gasteiger partial charge in [0.15, 0.2) is 6.61 Å². The van der Waals surface area contributed by atoms with Crippen molar-refractivity contribution in [3.05, 3.63) is 59.9 Å². The van der Waals surface area contributed by atoms with Gasteiger partial charge < -0.3 is 9.30 Å². The first kappa shape index (κ1) is 21.3. The molecule has 1 aliphatic heterocycles. The molecule has 0 amide bonds. The Morgan fingerprint density at radius 2 is 1.79 bits per heavy atom. The van der Waals surface area contributed by atoms with E-state index in [1.54, 1.807) is 30.3 Å². The minimum Gasteiger partial charge on any atom is -0.485 e. The fourth-order valence-electron chi connectivity index (χ4n) is 3.68. The number of ether oxygens (including phenoxy) is 1. The van der Waals surface area contributed by atoms with Crippen LogP contribution < -0.4 is 4.74 Å². The smallest absolute Gasteiger partial charge is 0.243 e. The number of Topliss-reactive ketones (excluding diaryl/α,β-unsaturated/α-hetero) is 1. The van der Waals surface area contributed by atoms with Crippen molar-refractivity contribution in [3.63, 3.8) is 0 Å². The summed E-state index contributed by atoms with van der Waals surface area (Å²) in [5.74, 6) is 0.356. The first-order chi connectivity index (χ1) is 13.8. The number of hydrogen-bond donors (Lipinski definition) is 0. The lowest BCUT2D eigenvalue weighted by Crippen LogP contribution is -2.35. The van der Waals surface area contributed by atoms with Gasteiger partial charge >= 0.3 is 0 Å². The quantitative estimate of drug-likeness (QED) is 0.486. The fourth-order valence-corrected chi connectivity index (χ4v) is 5.20. The predicted octanol–water partition coefficient (Wildman–Crippen LogP) is 3.73. The van der Waals surface area contributed by atoms with Crippen LogP contribution in [-0.4, -0.2) is 42.8 Å². The van der Waals surface area contributed by atoms with Gasteiger partial charge in [-0.05, 0) is 57.0 Å². The lowest BCUT2D eigenvalue weighted by molar-refractivity contribution is 0.0920. The molecule has 3 rings (SSSR count). The van der Waals surface area contributed by atoms with E-state index in [9.17, 15) is 13.2 Å². The van der Waals surface area contributed by atoms with Crippen LogP contribution in [0.15, 0.2) is 47.9 Å². The number of carbonyl (C=O) groups is 1. The highest BCUT2D eigenvalue weighted by atomic mass is 32.2.